The molecule has 0 amide bonds. The number of pyridine rings is 1. The lowest BCUT2D eigenvalue weighted by atomic mass is 10.1. The Bertz CT molecular complexity index is 403. The molecule has 2 rings (SSSR count). The van der Waals surface area contributed by atoms with Crippen molar-refractivity contribution in [3.63, 3.8) is 0 Å². The first-order valence-corrected chi connectivity index (χ1v) is 4.75. The molecular formula is C11H14N2. The fourth-order valence-corrected chi connectivity index (χ4v) is 1.53. The summed E-state index contributed by atoms with van der Waals surface area (Å²) in [5.74, 6) is 0.581. The van der Waals surface area contributed by atoms with E-state index in [0.29, 0.717) is 5.92 Å². The van der Waals surface area contributed by atoms with E-state index in [1.807, 2.05) is 24.4 Å². The molecule has 0 spiro atoms. The molecule has 0 saturated carbocycles. The van der Waals surface area contributed by atoms with Crippen molar-refractivity contribution in [2.45, 2.75) is 26.2 Å². The van der Waals surface area contributed by atoms with Crippen LogP contribution in [0.5, 0.6) is 0 Å². The van der Waals surface area contributed by atoms with Gasteiger partial charge in [-0.25, -0.2) is 4.98 Å². The van der Waals surface area contributed by atoms with Crippen molar-refractivity contribution in [1.29, 1.82) is 0 Å². The van der Waals surface area contributed by atoms with Crippen molar-refractivity contribution in [1.82, 2.24) is 9.38 Å². The molecule has 13 heavy (non-hydrogen) atoms. The van der Waals surface area contributed by atoms with Gasteiger partial charge in [0.05, 0.1) is 0 Å². The van der Waals surface area contributed by atoms with Gasteiger partial charge in [0.1, 0.15) is 5.65 Å². The van der Waals surface area contributed by atoms with Crippen LogP contribution in [0.15, 0.2) is 30.6 Å². The van der Waals surface area contributed by atoms with E-state index in [-0.39, 0.29) is 0 Å². The fourth-order valence-electron chi connectivity index (χ4n) is 1.53. The van der Waals surface area contributed by atoms with Crippen LogP contribution < -0.4 is 0 Å². The number of fused-ring (bicyclic) bond motifs is 1. The number of rotatable bonds is 2. The first kappa shape index (κ1) is 8.30. The van der Waals surface area contributed by atoms with E-state index in [2.05, 4.69) is 29.4 Å². The average Bonchev–Trinajstić information content (AvgIpc) is 2.60. The summed E-state index contributed by atoms with van der Waals surface area (Å²) in [6.07, 6.45) is 5.20. The Kier molecular flexibility index (Phi) is 2.05. The lowest BCUT2D eigenvalue weighted by Gasteiger charge is -2.07. The first-order chi connectivity index (χ1) is 6.33. The predicted octanol–water partition coefficient (Wildman–Crippen LogP) is 2.85. The lowest BCUT2D eigenvalue weighted by Crippen LogP contribution is -1.96. The summed E-state index contributed by atoms with van der Waals surface area (Å²) in [5, 5.41) is 0. The predicted molar refractivity (Wildman–Crippen MR) is 53.9 cm³/mol. The highest BCUT2D eigenvalue weighted by atomic mass is 15.0. The van der Waals surface area contributed by atoms with Gasteiger partial charge in [-0.3, -0.25) is 0 Å². The number of hydrogen-bond donors (Lipinski definition) is 0. The van der Waals surface area contributed by atoms with Crippen molar-refractivity contribution in [2.75, 3.05) is 0 Å². The third kappa shape index (κ3) is 1.32. The molecule has 0 radical (unpaired) electrons. The Morgan fingerprint density at radius 3 is 3.08 bits per heavy atom. The van der Waals surface area contributed by atoms with Gasteiger partial charge in [-0.15, -0.1) is 0 Å². The molecule has 0 aromatic carbocycles. The van der Waals surface area contributed by atoms with Gasteiger partial charge < -0.3 is 4.40 Å². The van der Waals surface area contributed by atoms with E-state index in [0.717, 1.165) is 12.1 Å². The zero-order valence-corrected chi connectivity index (χ0v) is 8.07. The SMILES string of the molecule is CCC(C)c1cnc2ccccn12. The van der Waals surface area contributed by atoms with Gasteiger partial charge >= 0.3 is 0 Å². The van der Waals surface area contributed by atoms with E-state index in [9.17, 15) is 0 Å². The van der Waals surface area contributed by atoms with Gasteiger partial charge in [-0.05, 0) is 24.5 Å². The molecule has 2 nitrogen and oxygen atoms in total. The van der Waals surface area contributed by atoms with Gasteiger partial charge in [0, 0.05) is 18.1 Å². The van der Waals surface area contributed by atoms with Crippen LogP contribution in [-0.4, -0.2) is 9.38 Å². The molecule has 2 heteroatoms. The molecule has 0 bridgehead atoms. The molecule has 0 saturated heterocycles. The summed E-state index contributed by atoms with van der Waals surface area (Å²) in [7, 11) is 0. The maximum atomic E-state index is 4.35. The first-order valence-electron chi connectivity index (χ1n) is 4.75. The van der Waals surface area contributed by atoms with Crippen LogP contribution in [0.3, 0.4) is 0 Å². The Morgan fingerprint density at radius 2 is 2.31 bits per heavy atom. The van der Waals surface area contributed by atoms with Crippen LogP contribution in [0, 0.1) is 0 Å². The second-order valence-electron chi connectivity index (χ2n) is 3.42. The van der Waals surface area contributed by atoms with E-state index in [4.69, 9.17) is 0 Å². The summed E-state index contributed by atoms with van der Waals surface area (Å²) in [5.41, 5.74) is 2.34. The number of aromatic nitrogens is 2. The average molecular weight is 174 g/mol. The molecule has 1 unspecified atom stereocenters. The van der Waals surface area contributed by atoms with Gasteiger partial charge in [0.2, 0.25) is 0 Å². The van der Waals surface area contributed by atoms with E-state index >= 15 is 0 Å². The number of imidazole rings is 1. The Morgan fingerprint density at radius 1 is 1.46 bits per heavy atom. The Labute approximate surface area is 78.2 Å². The minimum Gasteiger partial charge on any atom is -0.304 e. The van der Waals surface area contributed by atoms with E-state index < -0.39 is 0 Å². The molecule has 0 aliphatic rings. The number of nitrogens with zero attached hydrogens (tertiary/aromatic N) is 2. The quantitative estimate of drug-likeness (QED) is 0.684. The minimum atomic E-state index is 0.581. The summed E-state index contributed by atoms with van der Waals surface area (Å²) in [4.78, 5) is 4.35. The van der Waals surface area contributed by atoms with E-state index in [1.165, 1.54) is 5.69 Å². The molecule has 0 aliphatic carbocycles. The van der Waals surface area contributed by atoms with Gasteiger partial charge in [0.15, 0.2) is 0 Å². The van der Waals surface area contributed by atoms with Crippen molar-refractivity contribution < 1.29 is 0 Å². The zero-order chi connectivity index (χ0) is 9.26. The van der Waals surface area contributed by atoms with E-state index in [1.54, 1.807) is 0 Å². The standard InChI is InChI=1S/C11H14N2/c1-3-9(2)10-8-12-11-6-4-5-7-13(10)11/h4-9H,3H2,1-2H3. The van der Waals surface area contributed by atoms with Crippen LogP contribution in [-0.2, 0) is 0 Å². The van der Waals surface area contributed by atoms with Crippen LogP contribution in [0.2, 0.25) is 0 Å². The highest BCUT2D eigenvalue weighted by molar-refractivity contribution is 5.40. The highest BCUT2D eigenvalue weighted by Gasteiger charge is 2.07. The maximum Gasteiger partial charge on any atom is 0.136 e. The Balaban J connectivity index is 2.57. The topological polar surface area (TPSA) is 17.3 Å². The number of hydrogen-bond acceptors (Lipinski definition) is 1. The summed E-state index contributed by atoms with van der Waals surface area (Å²) in [6, 6.07) is 6.09. The third-order valence-corrected chi connectivity index (χ3v) is 2.56. The summed E-state index contributed by atoms with van der Waals surface area (Å²) in [6.45, 7) is 4.43. The highest BCUT2D eigenvalue weighted by Crippen LogP contribution is 2.19. The normalized spacial score (nSPS) is 13.4. The summed E-state index contributed by atoms with van der Waals surface area (Å²) < 4.78 is 2.16. The molecule has 1 atom stereocenters. The molecular weight excluding hydrogens is 160 g/mol. The molecule has 0 fully saturated rings. The van der Waals surface area contributed by atoms with Crippen LogP contribution >= 0.6 is 0 Å². The fraction of sp³-hybridized carbons (Fsp3) is 0.364. The second-order valence-corrected chi connectivity index (χ2v) is 3.42. The Hall–Kier alpha value is -1.31. The van der Waals surface area contributed by atoms with Crippen LogP contribution in [0.25, 0.3) is 5.65 Å². The molecule has 2 heterocycles. The third-order valence-electron chi connectivity index (χ3n) is 2.56. The molecule has 2 aromatic heterocycles. The molecule has 68 valence electrons. The van der Waals surface area contributed by atoms with Gasteiger partial charge in [-0.1, -0.05) is 19.9 Å². The van der Waals surface area contributed by atoms with Crippen LogP contribution in [0.4, 0.5) is 0 Å². The minimum absolute atomic E-state index is 0.581. The molecule has 0 aliphatic heterocycles. The van der Waals surface area contributed by atoms with Gasteiger partial charge in [0.25, 0.3) is 0 Å². The monoisotopic (exact) mass is 174 g/mol. The smallest absolute Gasteiger partial charge is 0.136 e. The van der Waals surface area contributed by atoms with Crippen molar-refractivity contribution >= 4 is 5.65 Å². The molecule has 0 N–H and O–H groups in total. The zero-order valence-electron chi connectivity index (χ0n) is 8.07. The van der Waals surface area contributed by atoms with Crippen molar-refractivity contribution in [3.05, 3.63) is 36.3 Å². The summed E-state index contributed by atoms with van der Waals surface area (Å²) >= 11 is 0. The van der Waals surface area contributed by atoms with Crippen molar-refractivity contribution in [3.8, 4) is 0 Å². The molecule has 2 aromatic rings. The van der Waals surface area contributed by atoms with Gasteiger partial charge in [-0.2, -0.15) is 0 Å². The van der Waals surface area contributed by atoms with Crippen molar-refractivity contribution in [2.24, 2.45) is 0 Å². The maximum absolute atomic E-state index is 4.35. The largest absolute Gasteiger partial charge is 0.304 e. The lowest BCUT2D eigenvalue weighted by molar-refractivity contribution is 0.700. The van der Waals surface area contributed by atoms with Crippen LogP contribution in [0.1, 0.15) is 31.9 Å². The second kappa shape index (κ2) is 3.21.